The predicted molar refractivity (Wildman–Crippen MR) is 103 cm³/mol. The van der Waals surface area contributed by atoms with Crippen LogP contribution in [0, 0.1) is 18.6 Å². The SMILES string of the molecule is Cc1cc2c(cc(C(=O)NCC[NH+]3CCOCC3)n2Cc2cc(F)cc(F)c2)o1. The molecule has 0 bridgehead atoms. The minimum absolute atomic E-state index is 0.161. The molecule has 8 heteroatoms. The molecule has 6 nitrogen and oxygen atoms in total. The molecule has 1 fully saturated rings. The van der Waals surface area contributed by atoms with Gasteiger partial charge < -0.3 is 23.9 Å². The smallest absolute Gasteiger partial charge is 0.268 e. The van der Waals surface area contributed by atoms with Crippen LogP contribution in [0.15, 0.2) is 34.7 Å². The summed E-state index contributed by atoms with van der Waals surface area (Å²) in [6.07, 6.45) is 0. The van der Waals surface area contributed by atoms with Gasteiger partial charge in [-0.25, -0.2) is 8.78 Å². The molecule has 0 unspecified atom stereocenters. The van der Waals surface area contributed by atoms with E-state index in [1.165, 1.54) is 17.0 Å². The van der Waals surface area contributed by atoms with Crippen LogP contribution in [0.2, 0.25) is 0 Å². The minimum Gasteiger partial charge on any atom is -0.460 e. The zero-order valence-electron chi connectivity index (χ0n) is 16.3. The van der Waals surface area contributed by atoms with Crippen LogP contribution in [0.4, 0.5) is 8.78 Å². The number of aryl methyl sites for hydroxylation is 1. The highest BCUT2D eigenvalue weighted by Crippen LogP contribution is 2.25. The van der Waals surface area contributed by atoms with Crippen LogP contribution in [0.25, 0.3) is 11.1 Å². The van der Waals surface area contributed by atoms with E-state index in [0.717, 1.165) is 44.4 Å². The van der Waals surface area contributed by atoms with Crippen molar-refractivity contribution in [1.82, 2.24) is 9.88 Å². The molecule has 0 radical (unpaired) electrons. The molecule has 1 saturated heterocycles. The maximum atomic E-state index is 13.6. The molecule has 3 aromatic rings. The van der Waals surface area contributed by atoms with Crippen LogP contribution in [0.3, 0.4) is 0 Å². The Balaban J connectivity index is 1.54. The Hall–Kier alpha value is -2.71. The number of benzene rings is 1. The number of furan rings is 1. The second-order valence-electron chi connectivity index (χ2n) is 7.37. The number of halogens is 2. The quantitative estimate of drug-likeness (QED) is 0.655. The van der Waals surface area contributed by atoms with Crippen molar-refractivity contribution in [1.29, 1.82) is 0 Å². The number of ether oxygens (including phenoxy) is 1. The average molecular weight is 404 g/mol. The fraction of sp³-hybridized carbons (Fsp3) is 0.381. The van der Waals surface area contributed by atoms with Crippen molar-refractivity contribution in [2.45, 2.75) is 13.5 Å². The van der Waals surface area contributed by atoms with Crippen LogP contribution in [-0.4, -0.2) is 49.9 Å². The highest BCUT2D eigenvalue weighted by molar-refractivity contribution is 5.97. The largest absolute Gasteiger partial charge is 0.460 e. The Bertz CT molecular complexity index is 1000. The van der Waals surface area contributed by atoms with E-state index in [1.807, 2.05) is 13.0 Å². The molecule has 0 atom stereocenters. The van der Waals surface area contributed by atoms with Gasteiger partial charge in [-0.15, -0.1) is 0 Å². The lowest BCUT2D eigenvalue weighted by molar-refractivity contribution is -0.906. The first kappa shape index (κ1) is 19.6. The minimum atomic E-state index is -0.647. The Kier molecular flexibility index (Phi) is 5.64. The number of amides is 1. The summed E-state index contributed by atoms with van der Waals surface area (Å²) in [6, 6.07) is 6.86. The van der Waals surface area contributed by atoms with E-state index in [2.05, 4.69) is 5.32 Å². The Labute approximate surface area is 167 Å². The number of rotatable bonds is 6. The van der Waals surface area contributed by atoms with Gasteiger partial charge in [0.05, 0.1) is 31.8 Å². The van der Waals surface area contributed by atoms with E-state index in [9.17, 15) is 13.6 Å². The number of aromatic nitrogens is 1. The molecule has 1 aliphatic heterocycles. The molecule has 1 amide bonds. The first-order valence-corrected chi connectivity index (χ1v) is 9.74. The maximum Gasteiger partial charge on any atom is 0.268 e. The van der Waals surface area contributed by atoms with Gasteiger partial charge in [0.1, 0.15) is 36.2 Å². The van der Waals surface area contributed by atoms with Gasteiger partial charge >= 0.3 is 0 Å². The van der Waals surface area contributed by atoms with Gasteiger partial charge in [-0.1, -0.05) is 0 Å². The van der Waals surface area contributed by atoms with Crippen LogP contribution in [0.1, 0.15) is 21.8 Å². The van der Waals surface area contributed by atoms with Crippen molar-refractivity contribution in [2.24, 2.45) is 0 Å². The van der Waals surface area contributed by atoms with Crippen molar-refractivity contribution in [2.75, 3.05) is 39.4 Å². The van der Waals surface area contributed by atoms with E-state index in [0.29, 0.717) is 29.1 Å². The first-order valence-electron chi connectivity index (χ1n) is 9.74. The van der Waals surface area contributed by atoms with E-state index in [4.69, 9.17) is 9.15 Å². The molecule has 2 aromatic heterocycles. The van der Waals surface area contributed by atoms with Crippen molar-refractivity contribution in [3.8, 4) is 0 Å². The summed E-state index contributed by atoms with van der Waals surface area (Å²) in [7, 11) is 0. The summed E-state index contributed by atoms with van der Waals surface area (Å²) in [5.41, 5.74) is 2.13. The molecule has 1 aliphatic rings. The average Bonchev–Trinajstić information content (AvgIpc) is 3.19. The Morgan fingerprint density at radius 3 is 2.59 bits per heavy atom. The first-order chi connectivity index (χ1) is 14.0. The zero-order chi connectivity index (χ0) is 20.4. The third kappa shape index (κ3) is 4.49. The number of hydrogen-bond acceptors (Lipinski definition) is 3. The Morgan fingerprint density at radius 2 is 1.86 bits per heavy atom. The normalized spacial score (nSPS) is 15.1. The van der Waals surface area contributed by atoms with Gasteiger partial charge in [-0.05, 0) is 24.6 Å². The molecule has 154 valence electrons. The van der Waals surface area contributed by atoms with Gasteiger partial charge in [-0.2, -0.15) is 0 Å². The number of quaternary nitrogens is 1. The second kappa shape index (κ2) is 8.34. The van der Waals surface area contributed by atoms with Gasteiger partial charge in [-0.3, -0.25) is 4.79 Å². The monoisotopic (exact) mass is 404 g/mol. The number of carbonyl (C=O) groups excluding carboxylic acids is 1. The van der Waals surface area contributed by atoms with Crippen LogP contribution >= 0.6 is 0 Å². The van der Waals surface area contributed by atoms with Crippen molar-refractivity contribution in [3.63, 3.8) is 0 Å². The molecule has 4 rings (SSSR count). The number of fused-ring (bicyclic) bond motifs is 1. The highest BCUT2D eigenvalue weighted by atomic mass is 19.1. The lowest BCUT2D eigenvalue weighted by Gasteiger charge is -2.23. The fourth-order valence-corrected chi connectivity index (χ4v) is 3.76. The summed E-state index contributed by atoms with van der Waals surface area (Å²) in [5.74, 6) is -0.826. The van der Waals surface area contributed by atoms with Crippen molar-refractivity contribution < 1.29 is 27.6 Å². The predicted octanol–water partition coefficient (Wildman–Crippen LogP) is 1.51. The van der Waals surface area contributed by atoms with Crippen LogP contribution in [0.5, 0.6) is 0 Å². The molecule has 2 N–H and O–H groups in total. The lowest BCUT2D eigenvalue weighted by Crippen LogP contribution is -3.14. The van der Waals surface area contributed by atoms with Gasteiger partial charge in [0, 0.05) is 24.7 Å². The Morgan fingerprint density at radius 1 is 1.14 bits per heavy atom. The fourth-order valence-electron chi connectivity index (χ4n) is 3.76. The van der Waals surface area contributed by atoms with Crippen molar-refractivity contribution >= 4 is 17.0 Å². The second-order valence-corrected chi connectivity index (χ2v) is 7.37. The number of morpholine rings is 1. The molecular formula is C21H24F2N3O3+. The summed E-state index contributed by atoms with van der Waals surface area (Å²) in [6.45, 7) is 6.69. The van der Waals surface area contributed by atoms with Gasteiger partial charge in [0.2, 0.25) is 0 Å². The van der Waals surface area contributed by atoms with Gasteiger partial charge in [0.25, 0.3) is 5.91 Å². The third-order valence-corrected chi connectivity index (χ3v) is 5.17. The standard InChI is InChI=1S/C21H23F2N3O3/c1-14-8-18-20(29-14)12-19(21(27)24-2-3-25-4-6-28-7-5-25)26(18)13-15-9-16(22)11-17(23)10-15/h8-12H,2-7,13H2,1H3,(H,24,27)/p+1. The molecule has 29 heavy (non-hydrogen) atoms. The van der Waals surface area contributed by atoms with E-state index in [1.54, 1.807) is 10.6 Å². The van der Waals surface area contributed by atoms with E-state index in [-0.39, 0.29) is 12.5 Å². The molecule has 0 saturated carbocycles. The summed E-state index contributed by atoms with van der Waals surface area (Å²) in [5, 5.41) is 2.95. The summed E-state index contributed by atoms with van der Waals surface area (Å²) >= 11 is 0. The molecular weight excluding hydrogens is 380 g/mol. The molecule has 0 aliphatic carbocycles. The molecule has 3 heterocycles. The topological polar surface area (TPSA) is 60.8 Å². The summed E-state index contributed by atoms with van der Waals surface area (Å²) < 4.78 is 40.0. The maximum absolute atomic E-state index is 13.6. The third-order valence-electron chi connectivity index (χ3n) is 5.17. The molecule has 1 aromatic carbocycles. The van der Waals surface area contributed by atoms with Gasteiger partial charge in [0.15, 0.2) is 5.58 Å². The number of nitrogens with one attached hydrogen (secondary N) is 2. The number of hydrogen-bond donors (Lipinski definition) is 2. The number of carbonyl (C=O) groups is 1. The van der Waals surface area contributed by atoms with Crippen LogP contribution in [-0.2, 0) is 11.3 Å². The zero-order valence-corrected chi connectivity index (χ0v) is 16.3. The lowest BCUT2D eigenvalue weighted by atomic mass is 10.2. The molecule has 0 spiro atoms. The summed E-state index contributed by atoms with van der Waals surface area (Å²) in [4.78, 5) is 14.2. The van der Waals surface area contributed by atoms with Crippen LogP contribution < -0.4 is 10.2 Å². The number of nitrogens with zero attached hydrogens (tertiary/aromatic N) is 1. The van der Waals surface area contributed by atoms with Crippen molar-refractivity contribution in [3.05, 3.63) is 59.0 Å². The van der Waals surface area contributed by atoms with E-state index >= 15 is 0 Å². The highest BCUT2D eigenvalue weighted by Gasteiger charge is 2.20. The van der Waals surface area contributed by atoms with E-state index < -0.39 is 11.6 Å².